The Morgan fingerprint density at radius 2 is 1.79 bits per heavy atom. The van der Waals surface area contributed by atoms with Gasteiger partial charge in [-0.05, 0) is 25.0 Å². The number of rotatable bonds is 2. The second kappa shape index (κ2) is 5.79. The van der Waals surface area contributed by atoms with Crippen LogP contribution in [0.4, 0.5) is 5.13 Å². The van der Waals surface area contributed by atoms with Gasteiger partial charge in [0.1, 0.15) is 5.69 Å². The molecule has 3 aliphatic rings. The van der Waals surface area contributed by atoms with Crippen molar-refractivity contribution < 1.29 is 0 Å². The molecule has 0 atom stereocenters. The highest BCUT2D eigenvalue weighted by atomic mass is 32.1. The smallest absolute Gasteiger partial charge is 0.208 e. The maximum atomic E-state index is 4.75. The predicted octanol–water partition coefficient (Wildman–Crippen LogP) is 3.04. The largest absolute Gasteiger partial charge is 0.342 e. The van der Waals surface area contributed by atoms with Gasteiger partial charge in [-0.3, -0.25) is 0 Å². The van der Waals surface area contributed by atoms with Crippen LogP contribution in [0.15, 0.2) is 36.4 Å². The molecule has 3 aliphatic heterocycles. The Bertz CT molecular complexity index is 868. The van der Waals surface area contributed by atoms with Gasteiger partial charge in [0.15, 0.2) is 5.01 Å². The third kappa shape index (κ3) is 2.46. The van der Waals surface area contributed by atoms with Gasteiger partial charge in [-0.1, -0.05) is 35.6 Å². The number of aromatic nitrogens is 3. The summed E-state index contributed by atoms with van der Waals surface area (Å²) in [5.74, 6) is 0. The molecule has 2 bridgehead atoms. The molecule has 0 spiro atoms. The summed E-state index contributed by atoms with van der Waals surface area (Å²) in [6.07, 6.45) is 2.48. The van der Waals surface area contributed by atoms with Crippen LogP contribution in [0, 0.1) is 0 Å². The summed E-state index contributed by atoms with van der Waals surface area (Å²) in [6, 6.07) is 13.0. The van der Waals surface area contributed by atoms with E-state index >= 15 is 0 Å². The molecule has 6 rings (SSSR count). The van der Waals surface area contributed by atoms with E-state index in [-0.39, 0.29) is 0 Å². The zero-order valence-electron chi connectivity index (χ0n) is 13.4. The summed E-state index contributed by atoms with van der Waals surface area (Å²) in [4.78, 5) is 9.78. The summed E-state index contributed by atoms with van der Waals surface area (Å²) < 4.78 is 0. The first-order valence-electron chi connectivity index (χ1n) is 8.55. The number of benzene rings is 1. The lowest BCUT2D eigenvalue weighted by molar-refractivity contribution is 0.250. The van der Waals surface area contributed by atoms with Crippen LogP contribution in [-0.4, -0.2) is 52.3 Å². The highest BCUT2D eigenvalue weighted by Gasteiger charge is 2.31. The van der Waals surface area contributed by atoms with E-state index in [0.717, 1.165) is 39.8 Å². The minimum absolute atomic E-state index is 0.620. The van der Waals surface area contributed by atoms with Gasteiger partial charge in [-0.25, -0.2) is 4.98 Å². The van der Waals surface area contributed by atoms with Gasteiger partial charge in [0.2, 0.25) is 5.13 Å². The van der Waals surface area contributed by atoms with E-state index in [4.69, 9.17) is 4.98 Å². The van der Waals surface area contributed by atoms with E-state index in [1.807, 2.05) is 24.3 Å². The molecule has 5 nitrogen and oxygen atoms in total. The Kier molecular flexibility index (Phi) is 3.45. The highest BCUT2D eigenvalue weighted by molar-refractivity contribution is 7.18. The third-order valence-electron chi connectivity index (χ3n) is 5.13. The maximum absolute atomic E-state index is 4.75. The van der Waals surface area contributed by atoms with Crippen molar-refractivity contribution in [1.29, 1.82) is 0 Å². The van der Waals surface area contributed by atoms with Crippen LogP contribution in [0.1, 0.15) is 12.8 Å². The van der Waals surface area contributed by atoms with Crippen molar-refractivity contribution in [3.8, 4) is 10.7 Å². The van der Waals surface area contributed by atoms with Crippen LogP contribution in [0.2, 0.25) is 0 Å². The molecule has 122 valence electrons. The van der Waals surface area contributed by atoms with E-state index in [1.165, 1.54) is 25.9 Å². The molecule has 5 heterocycles. The number of pyridine rings is 1. The first kappa shape index (κ1) is 14.3. The van der Waals surface area contributed by atoms with Gasteiger partial charge in [0.05, 0.1) is 5.52 Å². The summed E-state index contributed by atoms with van der Waals surface area (Å²) in [5.41, 5.74) is 1.92. The normalized spacial score (nSPS) is 23.6. The average molecular weight is 337 g/mol. The molecule has 1 aromatic carbocycles. The van der Waals surface area contributed by atoms with Gasteiger partial charge in [-0.2, -0.15) is 0 Å². The lowest BCUT2D eigenvalue weighted by Crippen LogP contribution is -2.37. The number of para-hydroxylation sites is 1. The van der Waals surface area contributed by atoms with E-state index in [2.05, 4.69) is 32.1 Å². The number of hydrogen-bond donors (Lipinski definition) is 0. The molecule has 0 amide bonds. The number of fused-ring (bicyclic) bond motifs is 5. The van der Waals surface area contributed by atoms with Crippen molar-refractivity contribution in [3.63, 3.8) is 0 Å². The zero-order valence-corrected chi connectivity index (χ0v) is 14.2. The predicted molar refractivity (Wildman–Crippen MR) is 97.5 cm³/mol. The van der Waals surface area contributed by atoms with E-state index in [9.17, 15) is 0 Å². The van der Waals surface area contributed by atoms with Crippen molar-refractivity contribution >= 4 is 27.4 Å². The molecule has 6 heteroatoms. The lowest BCUT2D eigenvalue weighted by Gasteiger charge is -2.30. The molecule has 0 saturated carbocycles. The quantitative estimate of drug-likeness (QED) is 0.719. The van der Waals surface area contributed by atoms with Gasteiger partial charge in [0.25, 0.3) is 0 Å². The summed E-state index contributed by atoms with van der Waals surface area (Å²) >= 11 is 1.67. The highest BCUT2D eigenvalue weighted by Crippen LogP contribution is 2.32. The van der Waals surface area contributed by atoms with Crippen molar-refractivity contribution in [2.75, 3.05) is 31.1 Å². The fraction of sp³-hybridized carbons (Fsp3) is 0.389. The average Bonchev–Trinajstić information content (AvgIpc) is 2.94. The minimum atomic E-state index is 0.620. The van der Waals surface area contributed by atoms with Gasteiger partial charge in [0, 0.05) is 37.6 Å². The number of piperidine rings is 1. The Hall–Kier alpha value is -2.05. The monoisotopic (exact) mass is 337 g/mol. The van der Waals surface area contributed by atoms with E-state index < -0.39 is 0 Å². The number of nitrogens with zero attached hydrogens (tertiary/aromatic N) is 5. The summed E-state index contributed by atoms with van der Waals surface area (Å²) in [5, 5.41) is 12.0. The second-order valence-corrected chi connectivity index (χ2v) is 7.50. The number of anilines is 1. The topological polar surface area (TPSA) is 45.2 Å². The maximum Gasteiger partial charge on any atom is 0.208 e. The van der Waals surface area contributed by atoms with Crippen LogP contribution in [-0.2, 0) is 0 Å². The summed E-state index contributed by atoms with van der Waals surface area (Å²) in [6.45, 7) is 4.64. The SMILES string of the molecule is c1ccc2nc(-c3nnc(N4CCN5CCC4CC5)s3)ccc2c1. The van der Waals surface area contributed by atoms with Crippen LogP contribution in [0.5, 0.6) is 0 Å². The van der Waals surface area contributed by atoms with Crippen molar-refractivity contribution in [3.05, 3.63) is 36.4 Å². The Morgan fingerprint density at radius 1 is 0.917 bits per heavy atom. The molecule has 0 radical (unpaired) electrons. The third-order valence-corrected chi connectivity index (χ3v) is 6.12. The fourth-order valence-corrected chi connectivity index (χ4v) is 4.67. The van der Waals surface area contributed by atoms with Gasteiger partial charge < -0.3 is 9.80 Å². The molecule has 0 aliphatic carbocycles. The Morgan fingerprint density at radius 3 is 2.71 bits per heavy atom. The lowest BCUT2D eigenvalue weighted by atomic mass is 10.1. The summed E-state index contributed by atoms with van der Waals surface area (Å²) in [7, 11) is 0. The van der Waals surface area contributed by atoms with Gasteiger partial charge in [-0.15, -0.1) is 10.2 Å². The Labute approximate surface area is 145 Å². The minimum Gasteiger partial charge on any atom is -0.342 e. The van der Waals surface area contributed by atoms with Crippen molar-refractivity contribution in [1.82, 2.24) is 20.1 Å². The van der Waals surface area contributed by atoms with Crippen molar-refractivity contribution in [2.45, 2.75) is 18.9 Å². The molecule has 0 N–H and O–H groups in total. The number of hydrogen-bond acceptors (Lipinski definition) is 6. The van der Waals surface area contributed by atoms with Crippen molar-refractivity contribution in [2.24, 2.45) is 0 Å². The molecule has 2 aromatic heterocycles. The molecule has 0 unspecified atom stereocenters. The molecular formula is C18H19N5S. The first-order valence-corrected chi connectivity index (χ1v) is 9.37. The molecule has 24 heavy (non-hydrogen) atoms. The Balaban J connectivity index is 1.47. The molecule has 3 fully saturated rings. The molecular weight excluding hydrogens is 318 g/mol. The van der Waals surface area contributed by atoms with Crippen LogP contribution in [0.25, 0.3) is 21.6 Å². The second-order valence-electron chi connectivity index (χ2n) is 6.55. The van der Waals surface area contributed by atoms with Crippen LogP contribution < -0.4 is 4.90 Å². The van der Waals surface area contributed by atoms with Gasteiger partial charge >= 0.3 is 0 Å². The zero-order chi connectivity index (χ0) is 15.9. The molecule has 3 saturated heterocycles. The van der Waals surface area contributed by atoms with E-state index in [0.29, 0.717) is 6.04 Å². The molecule has 3 aromatic rings. The fourth-order valence-electron chi connectivity index (χ4n) is 3.76. The first-order chi connectivity index (χ1) is 11.9. The van der Waals surface area contributed by atoms with Crippen LogP contribution in [0.3, 0.4) is 0 Å². The standard InChI is InChI=1S/C18H19N5S/c1-2-4-15-13(3-1)5-6-16(19-15)17-20-21-18(24-17)23-12-11-22-9-7-14(23)8-10-22/h1-6,14H,7-12H2. The van der Waals surface area contributed by atoms with E-state index in [1.54, 1.807) is 11.3 Å². The van der Waals surface area contributed by atoms with Crippen LogP contribution >= 0.6 is 11.3 Å².